The lowest BCUT2D eigenvalue weighted by Crippen LogP contribution is -2.43. The summed E-state index contributed by atoms with van der Waals surface area (Å²) in [6.45, 7) is 3.62. The molecular formula is C15H22N2O4. The fourth-order valence-electron chi connectivity index (χ4n) is 1.62. The Morgan fingerprint density at radius 3 is 2.62 bits per heavy atom. The van der Waals surface area contributed by atoms with E-state index in [1.165, 1.54) is 4.90 Å². The van der Waals surface area contributed by atoms with Crippen LogP contribution >= 0.6 is 0 Å². The highest BCUT2D eigenvalue weighted by Gasteiger charge is 2.28. The summed E-state index contributed by atoms with van der Waals surface area (Å²) in [5, 5.41) is 11.6. The number of hydrogen-bond acceptors (Lipinski definition) is 3. The summed E-state index contributed by atoms with van der Waals surface area (Å²) in [4.78, 5) is 24.4. The van der Waals surface area contributed by atoms with Crippen molar-refractivity contribution < 1.29 is 19.4 Å². The van der Waals surface area contributed by atoms with E-state index in [-0.39, 0.29) is 12.6 Å². The summed E-state index contributed by atoms with van der Waals surface area (Å²) in [6, 6.07) is 7.12. The van der Waals surface area contributed by atoms with Crippen LogP contribution in [0, 0.1) is 5.41 Å². The SMILES string of the molecule is COc1cccc(CN(C)C(=O)NCC(C)(C)C(=O)O)c1. The molecule has 2 N–H and O–H groups in total. The predicted octanol–water partition coefficient (Wildman–Crippen LogP) is 1.95. The molecule has 0 unspecified atom stereocenters. The van der Waals surface area contributed by atoms with Crippen LogP contribution in [0.5, 0.6) is 5.75 Å². The van der Waals surface area contributed by atoms with Gasteiger partial charge in [0.15, 0.2) is 0 Å². The Hall–Kier alpha value is -2.24. The van der Waals surface area contributed by atoms with Crippen LogP contribution in [-0.2, 0) is 11.3 Å². The van der Waals surface area contributed by atoms with Gasteiger partial charge in [-0.15, -0.1) is 0 Å². The van der Waals surface area contributed by atoms with Crippen molar-refractivity contribution >= 4 is 12.0 Å². The predicted molar refractivity (Wildman–Crippen MR) is 79.3 cm³/mol. The third-order valence-electron chi connectivity index (χ3n) is 3.16. The van der Waals surface area contributed by atoms with Gasteiger partial charge in [-0.2, -0.15) is 0 Å². The first-order chi connectivity index (χ1) is 9.76. The molecule has 1 aromatic rings. The lowest BCUT2D eigenvalue weighted by atomic mass is 9.94. The Kier molecular flexibility index (Phi) is 5.58. The van der Waals surface area contributed by atoms with Gasteiger partial charge >= 0.3 is 12.0 Å². The summed E-state index contributed by atoms with van der Waals surface area (Å²) >= 11 is 0. The first-order valence-electron chi connectivity index (χ1n) is 6.61. The second-order valence-electron chi connectivity index (χ2n) is 5.56. The number of ether oxygens (including phenoxy) is 1. The number of carboxylic acid groups (broad SMARTS) is 1. The zero-order valence-electron chi connectivity index (χ0n) is 12.8. The van der Waals surface area contributed by atoms with Crippen molar-refractivity contribution in [1.29, 1.82) is 0 Å². The third-order valence-corrected chi connectivity index (χ3v) is 3.16. The molecule has 1 rings (SSSR count). The zero-order valence-corrected chi connectivity index (χ0v) is 12.8. The van der Waals surface area contributed by atoms with Gasteiger partial charge in [-0.05, 0) is 31.5 Å². The lowest BCUT2D eigenvalue weighted by Gasteiger charge is -2.23. The van der Waals surface area contributed by atoms with E-state index in [1.807, 2.05) is 24.3 Å². The highest BCUT2D eigenvalue weighted by atomic mass is 16.5. The molecule has 0 saturated carbocycles. The minimum absolute atomic E-state index is 0.0730. The van der Waals surface area contributed by atoms with E-state index in [0.29, 0.717) is 6.54 Å². The number of carboxylic acids is 1. The normalized spacial score (nSPS) is 10.9. The molecule has 0 heterocycles. The molecule has 6 heteroatoms. The van der Waals surface area contributed by atoms with E-state index < -0.39 is 11.4 Å². The number of aliphatic carboxylic acids is 1. The van der Waals surface area contributed by atoms with Crippen LogP contribution in [0.1, 0.15) is 19.4 Å². The molecule has 1 aromatic carbocycles. The van der Waals surface area contributed by atoms with E-state index in [2.05, 4.69) is 5.32 Å². The summed E-state index contributed by atoms with van der Waals surface area (Å²) in [5.41, 5.74) is -0.0589. The van der Waals surface area contributed by atoms with Crippen molar-refractivity contribution in [3.63, 3.8) is 0 Å². The number of amides is 2. The van der Waals surface area contributed by atoms with Gasteiger partial charge < -0.3 is 20.1 Å². The van der Waals surface area contributed by atoms with Crippen molar-refractivity contribution in [3.8, 4) is 5.75 Å². The summed E-state index contributed by atoms with van der Waals surface area (Å²) in [7, 11) is 3.24. The number of methoxy groups -OCH3 is 1. The van der Waals surface area contributed by atoms with Gasteiger partial charge in [0.1, 0.15) is 5.75 Å². The molecule has 0 aliphatic carbocycles. The summed E-state index contributed by atoms with van der Waals surface area (Å²) in [5.74, 6) is -0.216. The standard InChI is InChI=1S/C15H22N2O4/c1-15(2,13(18)19)10-16-14(20)17(3)9-11-6-5-7-12(8-11)21-4/h5-8H,9-10H2,1-4H3,(H,16,20)(H,18,19). The molecule has 0 fully saturated rings. The second-order valence-corrected chi connectivity index (χ2v) is 5.56. The smallest absolute Gasteiger partial charge is 0.317 e. The largest absolute Gasteiger partial charge is 0.497 e. The average molecular weight is 294 g/mol. The minimum Gasteiger partial charge on any atom is -0.497 e. The maximum Gasteiger partial charge on any atom is 0.317 e. The highest BCUT2D eigenvalue weighted by molar-refractivity contribution is 5.77. The van der Waals surface area contributed by atoms with Crippen LogP contribution in [0.25, 0.3) is 0 Å². The van der Waals surface area contributed by atoms with Crippen LogP contribution in [0.2, 0.25) is 0 Å². The van der Waals surface area contributed by atoms with E-state index >= 15 is 0 Å². The van der Waals surface area contributed by atoms with Crippen LogP contribution < -0.4 is 10.1 Å². The van der Waals surface area contributed by atoms with Crippen molar-refractivity contribution in [2.24, 2.45) is 5.41 Å². The van der Waals surface area contributed by atoms with Gasteiger partial charge in [-0.1, -0.05) is 12.1 Å². The maximum absolute atomic E-state index is 12.0. The number of nitrogens with zero attached hydrogens (tertiary/aromatic N) is 1. The number of nitrogens with one attached hydrogen (secondary N) is 1. The average Bonchev–Trinajstić information content (AvgIpc) is 2.44. The lowest BCUT2D eigenvalue weighted by molar-refractivity contribution is -0.146. The molecule has 0 spiro atoms. The number of urea groups is 1. The van der Waals surface area contributed by atoms with Crippen molar-refractivity contribution in [1.82, 2.24) is 10.2 Å². The minimum atomic E-state index is -0.994. The summed E-state index contributed by atoms with van der Waals surface area (Å²) in [6.07, 6.45) is 0. The number of carbonyl (C=O) groups is 2. The van der Waals surface area contributed by atoms with Crippen molar-refractivity contribution in [2.75, 3.05) is 20.7 Å². The highest BCUT2D eigenvalue weighted by Crippen LogP contribution is 2.15. The monoisotopic (exact) mass is 294 g/mol. The second kappa shape index (κ2) is 6.97. The van der Waals surface area contributed by atoms with Crippen LogP contribution in [0.4, 0.5) is 4.79 Å². The Balaban J connectivity index is 2.56. The van der Waals surface area contributed by atoms with E-state index in [4.69, 9.17) is 9.84 Å². The molecular weight excluding hydrogens is 272 g/mol. The topological polar surface area (TPSA) is 78.9 Å². The molecule has 0 aromatic heterocycles. The maximum atomic E-state index is 12.0. The van der Waals surface area contributed by atoms with Gasteiger partial charge in [0.25, 0.3) is 0 Å². The molecule has 0 aliphatic rings. The van der Waals surface area contributed by atoms with Crippen molar-refractivity contribution in [3.05, 3.63) is 29.8 Å². The molecule has 6 nitrogen and oxygen atoms in total. The van der Waals surface area contributed by atoms with Crippen LogP contribution in [-0.4, -0.2) is 42.7 Å². The fraction of sp³-hybridized carbons (Fsp3) is 0.467. The molecule has 0 saturated heterocycles. The molecule has 0 aliphatic heterocycles. The van der Waals surface area contributed by atoms with Gasteiger partial charge in [0.2, 0.25) is 0 Å². The quantitative estimate of drug-likeness (QED) is 0.840. The first-order valence-corrected chi connectivity index (χ1v) is 6.61. The van der Waals surface area contributed by atoms with Gasteiger partial charge in [0.05, 0.1) is 12.5 Å². The molecule has 0 radical (unpaired) electrons. The number of rotatable bonds is 6. The number of benzene rings is 1. The van der Waals surface area contributed by atoms with Gasteiger partial charge in [0, 0.05) is 20.1 Å². The third kappa shape index (κ3) is 4.98. The first kappa shape index (κ1) is 16.8. The zero-order chi connectivity index (χ0) is 16.0. The van der Waals surface area contributed by atoms with E-state index in [1.54, 1.807) is 28.0 Å². The molecule has 0 bridgehead atoms. The molecule has 0 atom stereocenters. The van der Waals surface area contributed by atoms with Crippen LogP contribution in [0.15, 0.2) is 24.3 Å². The molecule has 2 amide bonds. The summed E-state index contributed by atoms with van der Waals surface area (Å²) < 4.78 is 5.13. The molecule has 116 valence electrons. The van der Waals surface area contributed by atoms with E-state index in [0.717, 1.165) is 11.3 Å². The van der Waals surface area contributed by atoms with Gasteiger partial charge in [-0.25, -0.2) is 4.79 Å². The number of carbonyl (C=O) groups excluding carboxylic acids is 1. The Bertz CT molecular complexity index is 514. The number of hydrogen-bond donors (Lipinski definition) is 2. The molecule has 21 heavy (non-hydrogen) atoms. The Morgan fingerprint density at radius 2 is 2.05 bits per heavy atom. The van der Waals surface area contributed by atoms with Crippen molar-refractivity contribution in [2.45, 2.75) is 20.4 Å². The Labute approximate surface area is 124 Å². The van der Waals surface area contributed by atoms with Gasteiger partial charge in [-0.3, -0.25) is 4.79 Å². The fourth-order valence-corrected chi connectivity index (χ4v) is 1.62. The Morgan fingerprint density at radius 1 is 1.38 bits per heavy atom. The van der Waals surface area contributed by atoms with Crippen LogP contribution in [0.3, 0.4) is 0 Å². The van der Waals surface area contributed by atoms with E-state index in [9.17, 15) is 9.59 Å².